The van der Waals surface area contributed by atoms with Crippen LogP contribution in [-0.2, 0) is 17.5 Å². The number of carbonyl (C=O) groups is 2. The number of benzene rings is 2. The lowest BCUT2D eigenvalue weighted by atomic mass is 9.88. The highest BCUT2D eigenvalue weighted by molar-refractivity contribution is 6.29. The van der Waals surface area contributed by atoms with Crippen molar-refractivity contribution in [1.29, 1.82) is 0 Å². The molecule has 0 saturated heterocycles. The van der Waals surface area contributed by atoms with Gasteiger partial charge in [-0.1, -0.05) is 24.3 Å². The van der Waals surface area contributed by atoms with Gasteiger partial charge in [0.15, 0.2) is 0 Å². The zero-order chi connectivity index (χ0) is 21.3. The molecular weight excluding hydrogens is 397 g/mol. The molecular formula is C22H15F3N2O3. The average Bonchev–Trinajstić information content (AvgIpc) is 3.24. The molecule has 1 aromatic heterocycles. The lowest BCUT2D eigenvalue weighted by Crippen LogP contribution is -2.45. The molecule has 0 fully saturated rings. The van der Waals surface area contributed by atoms with Crippen LogP contribution >= 0.6 is 0 Å². The molecule has 0 unspecified atom stereocenters. The van der Waals surface area contributed by atoms with Gasteiger partial charge in [-0.05, 0) is 42.0 Å². The first-order valence-electron chi connectivity index (χ1n) is 9.03. The molecule has 152 valence electrons. The summed E-state index contributed by atoms with van der Waals surface area (Å²) in [5.41, 5.74) is -0.385. The van der Waals surface area contributed by atoms with Crippen LogP contribution in [0.1, 0.15) is 33.2 Å². The van der Waals surface area contributed by atoms with E-state index in [1.807, 2.05) is 0 Å². The van der Waals surface area contributed by atoms with Gasteiger partial charge in [0.1, 0.15) is 5.76 Å². The Kier molecular flexibility index (Phi) is 4.99. The van der Waals surface area contributed by atoms with Gasteiger partial charge < -0.3 is 4.42 Å². The Balaban J connectivity index is 1.73. The third-order valence-electron chi connectivity index (χ3n) is 4.73. The van der Waals surface area contributed by atoms with E-state index in [9.17, 15) is 22.8 Å². The second-order valence-corrected chi connectivity index (χ2v) is 6.66. The first-order chi connectivity index (χ1) is 14.4. The highest BCUT2D eigenvalue weighted by atomic mass is 19.4. The minimum atomic E-state index is -4.60. The Hall–Kier alpha value is -3.68. The molecule has 3 aromatic rings. The SMILES string of the molecule is O=C1c2ccccc2[C@H](C=NCc2ccco2)C(=O)N1c1cccc(C(F)(F)F)c1. The van der Waals surface area contributed by atoms with Crippen molar-refractivity contribution in [2.24, 2.45) is 4.99 Å². The lowest BCUT2D eigenvalue weighted by molar-refractivity contribution is -0.137. The van der Waals surface area contributed by atoms with Crippen LogP contribution in [0.3, 0.4) is 0 Å². The van der Waals surface area contributed by atoms with Gasteiger partial charge >= 0.3 is 6.18 Å². The molecule has 0 spiro atoms. The maximum Gasteiger partial charge on any atom is 0.416 e. The Morgan fingerprint density at radius 3 is 2.57 bits per heavy atom. The topological polar surface area (TPSA) is 62.9 Å². The molecule has 2 heterocycles. The standard InChI is InChI=1S/C22H15F3N2O3/c23-22(24,25)14-5-3-6-15(11-14)27-20(28)18-9-2-1-8-17(18)19(21(27)29)13-26-12-16-7-4-10-30-16/h1-11,13,19H,12H2/t19-/m0/s1. The van der Waals surface area contributed by atoms with Gasteiger partial charge in [-0.15, -0.1) is 0 Å². The summed E-state index contributed by atoms with van der Waals surface area (Å²) in [6.07, 6.45) is -1.70. The number of halogens is 3. The second-order valence-electron chi connectivity index (χ2n) is 6.66. The number of fused-ring (bicyclic) bond motifs is 1. The van der Waals surface area contributed by atoms with E-state index >= 15 is 0 Å². The third-order valence-corrected chi connectivity index (χ3v) is 4.73. The van der Waals surface area contributed by atoms with Crippen molar-refractivity contribution in [2.75, 3.05) is 4.90 Å². The van der Waals surface area contributed by atoms with Crippen LogP contribution in [-0.4, -0.2) is 18.0 Å². The quantitative estimate of drug-likeness (QED) is 0.455. The Morgan fingerprint density at radius 2 is 1.83 bits per heavy atom. The number of aliphatic imine (C=N–C) groups is 1. The Bertz CT molecular complexity index is 1120. The Morgan fingerprint density at radius 1 is 1.03 bits per heavy atom. The molecule has 30 heavy (non-hydrogen) atoms. The zero-order valence-electron chi connectivity index (χ0n) is 15.5. The van der Waals surface area contributed by atoms with Crippen molar-refractivity contribution in [1.82, 2.24) is 0 Å². The van der Waals surface area contributed by atoms with E-state index in [4.69, 9.17) is 4.42 Å². The molecule has 8 heteroatoms. The average molecular weight is 412 g/mol. The molecule has 0 bridgehead atoms. The first kappa shape index (κ1) is 19.6. The van der Waals surface area contributed by atoms with Crippen LogP contribution in [0.2, 0.25) is 0 Å². The largest absolute Gasteiger partial charge is 0.467 e. The smallest absolute Gasteiger partial charge is 0.416 e. The summed E-state index contributed by atoms with van der Waals surface area (Å²) in [6, 6.07) is 14.1. The number of rotatable bonds is 4. The van der Waals surface area contributed by atoms with Crippen molar-refractivity contribution in [3.8, 4) is 0 Å². The van der Waals surface area contributed by atoms with Crippen LogP contribution in [0.15, 0.2) is 76.3 Å². The summed E-state index contributed by atoms with van der Waals surface area (Å²) in [7, 11) is 0. The van der Waals surface area contributed by atoms with Gasteiger partial charge in [0.2, 0.25) is 5.91 Å². The predicted octanol–water partition coefficient (Wildman–Crippen LogP) is 4.84. The number of hydrogen-bond donors (Lipinski definition) is 0. The molecule has 0 N–H and O–H groups in total. The molecule has 0 saturated carbocycles. The molecule has 1 aliphatic heterocycles. The summed E-state index contributed by atoms with van der Waals surface area (Å²) in [5, 5.41) is 0. The predicted molar refractivity (Wildman–Crippen MR) is 103 cm³/mol. The number of hydrogen-bond acceptors (Lipinski definition) is 4. The first-order valence-corrected chi connectivity index (χ1v) is 9.03. The van der Waals surface area contributed by atoms with Gasteiger partial charge in [-0.25, -0.2) is 4.90 Å². The zero-order valence-corrected chi connectivity index (χ0v) is 15.5. The fourth-order valence-corrected chi connectivity index (χ4v) is 3.32. The van der Waals surface area contributed by atoms with Crippen LogP contribution in [0, 0.1) is 0 Å². The van der Waals surface area contributed by atoms with Crippen molar-refractivity contribution >= 4 is 23.7 Å². The molecule has 2 amide bonds. The van der Waals surface area contributed by atoms with E-state index in [2.05, 4.69) is 4.99 Å². The fraction of sp³-hybridized carbons (Fsp3) is 0.136. The van der Waals surface area contributed by atoms with Crippen LogP contribution in [0.25, 0.3) is 0 Å². The molecule has 0 aliphatic carbocycles. The normalized spacial score (nSPS) is 16.9. The lowest BCUT2D eigenvalue weighted by Gasteiger charge is -2.31. The summed E-state index contributed by atoms with van der Waals surface area (Å²) >= 11 is 0. The molecule has 0 radical (unpaired) electrons. The second kappa shape index (κ2) is 7.62. The number of amides is 2. The maximum atomic E-state index is 13.2. The van der Waals surface area contributed by atoms with Gasteiger partial charge in [0.05, 0.1) is 30.0 Å². The van der Waals surface area contributed by atoms with Crippen molar-refractivity contribution in [2.45, 2.75) is 18.6 Å². The molecule has 2 aromatic carbocycles. The highest BCUT2D eigenvalue weighted by Gasteiger charge is 2.39. The van der Waals surface area contributed by atoms with E-state index in [1.165, 1.54) is 30.7 Å². The minimum absolute atomic E-state index is 0.140. The summed E-state index contributed by atoms with van der Waals surface area (Å²) in [5.74, 6) is -1.66. The van der Waals surface area contributed by atoms with E-state index in [1.54, 1.807) is 30.3 Å². The molecule has 1 atom stereocenters. The number of nitrogens with zero attached hydrogens (tertiary/aromatic N) is 2. The highest BCUT2D eigenvalue weighted by Crippen LogP contribution is 2.35. The van der Waals surface area contributed by atoms with E-state index in [-0.39, 0.29) is 17.8 Å². The van der Waals surface area contributed by atoms with Gasteiger partial charge in [-0.2, -0.15) is 13.2 Å². The molecule has 4 rings (SSSR count). The number of imide groups is 1. The van der Waals surface area contributed by atoms with Crippen molar-refractivity contribution in [3.63, 3.8) is 0 Å². The monoisotopic (exact) mass is 412 g/mol. The summed E-state index contributed by atoms with van der Waals surface area (Å²) < 4.78 is 44.6. The fourth-order valence-electron chi connectivity index (χ4n) is 3.32. The van der Waals surface area contributed by atoms with Gasteiger partial charge in [0, 0.05) is 11.8 Å². The van der Waals surface area contributed by atoms with E-state index in [0.29, 0.717) is 11.3 Å². The van der Waals surface area contributed by atoms with Gasteiger partial charge in [-0.3, -0.25) is 14.6 Å². The summed E-state index contributed by atoms with van der Waals surface area (Å²) in [6.45, 7) is 0.191. The van der Waals surface area contributed by atoms with Crippen LogP contribution < -0.4 is 4.90 Å². The van der Waals surface area contributed by atoms with Crippen molar-refractivity contribution < 1.29 is 27.2 Å². The number of anilines is 1. The summed E-state index contributed by atoms with van der Waals surface area (Å²) in [4.78, 5) is 31.1. The number of alkyl halides is 3. The van der Waals surface area contributed by atoms with Crippen molar-refractivity contribution in [3.05, 3.63) is 89.4 Å². The number of furan rings is 1. The number of carbonyl (C=O) groups excluding carboxylic acids is 2. The third kappa shape index (κ3) is 3.63. The molecule has 5 nitrogen and oxygen atoms in total. The van der Waals surface area contributed by atoms with E-state index in [0.717, 1.165) is 17.0 Å². The van der Waals surface area contributed by atoms with Gasteiger partial charge in [0.25, 0.3) is 5.91 Å². The van der Waals surface area contributed by atoms with Crippen LogP contribution in [0.4, 0.5) is 18.9 Å². The maximum absolute atomic E-state index is 13.2. The minimum Gasteiger partial charge on any atom is -0.467 e. The van der Waals surface area contributed by atoms with E-state index < -0.39 is 29.5 Å². The Labute approximate surface area is 169 Å². The molecule has 1 aliphatic rings. The van der Waals surface area contributed by atoms with Crippen LogP contribution in [0.5, 0.6) is 0 Å².